The lowest BCUT2D eigenvalue weighted by atomic mass is 9.98. The van der Waals surface area contributed by atoms with Gasteiger partial charge in [0.1, 0.15) is 0 Å². The topological polar surface area (TPSA) is 59.0 Å². The summed E-state index contributed by atoms with van der Waals surface area (Å²) >= 11 is 0. The van der Waals surface area contributed by atoms with Crippen molar-refractivity contribution >= 4 is 18.3 Å². The van der Waals surface area contributed by atoms with Crippen molar-refractivity contribution in [2.45, 2.75) is 25.8 Å². The third kappa shape index (κ3) is 3.71. The molecule has 0 spiro atoms. The van der Waals surface area contributed by atoms with Gasteiger partial charge in [0, 0.05) is 25.4 Å². The molecular formula is C12H21ClN4O. The van der Waals surface area contributed by atoms with E-state index in [0.717, 1.165) is 31.5 Å². The maximum Gasteiger partial charge on any atom is 0.224 e. The molecule has 1 aliphatic rings. The van der Waals surface area contributed by atoms with Gasteiger partial charge in [-0.3, -0.25) is 9.48 Å². The molecule has 1 aliphatic heterocycles. The number of hydrogen-bond donors (Lipinski definition) is 2. The first-order valence-electron chi connectivity index (χ1n) is 6.16. The highest BCUT2D eigenvalue weighted by atomic mass is 35.5. The summed E-state index contributed by atoms with van der Waals surface area (Å²) < 4.78 is 1.75. The Labute approximate surface area is 114 Å². The molecule has 1 aromatic rings. The van der Waals surface area contributed by atoms with Crippen LogP contribution in [0.3, 0.4) is 0 Å². The van der Waals surface area contributed by atoms with Crippen LogP contribution in [0.5, 0.6) is 0 Å². The largest absolute Gasteiger partial charge is 0.349 e. The number of nitrogens with one attached hydrogen (secondary N) is 2. The van der Waals surface area contributed by atoms with Crippen molar-refractivity contribution in [3.8, 4) is 0 Å². The fourth-order valence-corrected chi connectivity index (χ4v) is 2.15. The van der Waals surface area contributed by atoms with Gasteiger partial charge in [-0.25, -0.2) is 0 Å². The zero-order valence-electron chi connectivity index (χ0n) is 10.8. The number of carbonyl (C=O) groups excluding carboxylic acids is 1. The number of aryl methyl sites for hydroxylation is 1. The Hall–Kier alpha value is -1.07. The molecule has 5 nitrogen and oxygen atoms in total. The van der Waals surface area contributed by atoms with Gasteiger partial charge in [-0.1, -0.05) is 0 Å². The van der Waals surface area contributed by atoms with Crippen molar-refractivity contribution in [2.24, 2.45) is 13.0 Å². The molecule has 0 bridgehead atoms. The molecule has 1 fully saturated rings. The third-order valence-electron chi connectivity index (χ3n) is 3.25. The number of amides is 1. The Morgan fingerprint density at radius 2 is 2.44 bits per heavy atom. The Morgan fingerprint density at radius 3 is 3.00 bits per heavy atom. The average Bonchev–Trinajstić information content (AvgIpc) is 2.77. The molecule has 2 rings (SSSR count). The van der Waals surface area contributed by atoms with E-state index in [1.165, 1.54) is 0 Å². The van der Waals surface area contributed by atoms with Crippen LogP contribution >= 0.6 is 12.4 Å². The minimum absolute atomic E-state index is 0. The van der Waals surface area contributed by atoms with E-state index in [0.29, 0.717) is 0 Å². The van der Waals surface area contributed by atoms with Gasteiger partial charge in [0.05, 0.1) is 18.2 Å². The summed E-state index contributed by atoms with van der Waals surface area (Å²) in [7, 11) is 1.88. The highest BCUT2D eigenvalue weighted by Gasteiger charge is 2.22. The molecule has 2 atom stereocenters. The molecule has 102 valence electrons. The highest BCUT2D eigenvalue weighted by molar-refractivity contribution is 5.85. The molecule has 2 N–H and O–H groups in total. The van der Waals surface area contributed by atoms with Gasteiger partial charge < -0.3 is 10.6 Å². The molecular weight excluding hydrogens is 252 g/mol. The van der Waals surface area contributed by atoms with Crippen molar-refractivity contribution in [3.05, 3.63) is 18.0 Å². The maximum absolute atomic E-state index is 12.0. The first-order chi connectivity index (χ1) is 8.16. The van der Waals surface area contributed by atoms with Gasteiger partial charge in [0.2, 0.25) is 5.91 Å². The molecule has 1 amide bonds. The number of aromatic nitrogens is 2. The van der Waals surface area contributed by atoms with Crippen molar-refractivity contribution in [3.63, 3.8) is 0 Å². The second-order valence-corrected chi connectivity index (χ2v) is 4.72. The van der Waals surface area contributed by atoms with E-state index in [-0.39, 0.29) is 30.3 Å². The van der Waals surface area contributed by atoms with Gasteiger partial charge >= 0.3 is 0 Å². The summed E-state index contributed by atoms with van der Waals surface area (Å²) in [6.07, 6.45) is 5.80. The van der Waals surface area contributed by atoms with Crippen LogP contribution in [-0.4, -0.2) is 28.8 Å². The van der Waals surface area contributed by atoms with Gasteiger partial charge in [-0.05, 0) is 26.3 Å². The predicted octanol–water partition coefficient (Wildman–Crippen LogP) is 1.02. The Bertz CT molecular complexity index is 387. The molecule has 0 radical (unpaired) electrons. The van der Waals surface area contributed by atoms with E-state index in [9.17, 15) is 4.79 Å². The standard InChI is InChI=1S/C12H20N4O.ClH/c1-9(11-7-14-16(2)8-11)15-12(17)10-4-3-5-13-6-10;/h7-10,13H,3-6H2,1-2H3,(H,15,17);1H/t9?,10-;/m1./s1. The third-order valence-corrected chi connectivity index (χ3v) is 3.25. The van der Waals surface area contributed by atoms with Crippen LogP contribution in [0.25, 0.3) is 0 Å². The van der Waals surface area contributed by atoms with Crippen molar-refractivity contribution < 1.29 is 4.79 Å². The van der Waals surface area contributed by atoms with E-state index in [2.05, 4.69) is 15.7 Å². The second-order valence-electron chi connectivity index (χ2n) is 4.72. The van der Waals surface area contributed by atoms with E-state index in [4.69, 9.17) is 0 Å². The van der Waals surface area contributed by atoms with Crippen LogP contribution in [0.1, 0.15) is 31.4 Å². The summed E-state index contributed by atoms with van der Waals surface area (Å²) in [5, 5.41) is 10.4. The summed E-state index contributed by atoms with van der Waals surface area (Å²) in [5.41, 5.74) is 1.05. The molecule has 1 unspecified atom stereocenters. The first-order valence-corrected chi connectivity index (χ1v) is 6.16. The molecule has 0 saturated carbocycles. The quantitative estimate of drug-likeness (QED) is 0.864. The maximum atomic E-state index is 12.0. The fraction of sp³-hybridized carbons (Fsp3) is 0.667. The number of carbonyl (C=O) groups is 1. The molecule has 1 saturated heterocycles. The highest BCUT2D eigenvalue weighted by Crippen LogP contribution is 2.14. The lowest BCUT2D eigenvalue weighted by molar-refractivity contribution is -0.126. The SMILES string of the molecule is CC(NC(=O)[C@@H]1CCCNC1)c1cnn(C)c1.Cl. The molecule has 18 heavy (non-hydrogen) atoms. The molecule has 2 heterocycles. The predicted molar refractivity (Wildman–Crippen MR) is 72.6 cm³/mol. The smallest absolute Gasteiger partial charge is 0.224 e. The van der Waals surface area contributed by atoms with Crippen molar-refractivity contribution in [2.75, 3.05) is 13.1 Å². The minimum atomic E-state index is 0. The zero-order chi connectivity index (χ0) is 12.3. The normalized spacial score (nSPS) is 20.9. The summed E-state index contributed by atoms with van der Waals surface area (Å²) in [6.45, 7) is 3.82. The van der Waals surface area contributed by atoms with E-state index in [1.807, 2.05) is 20.2 Å². The lowest BCUT2D eigenvalue weighted by Gasteiger charge is -2.23. The summed E-state index contributed by atoms with van der Waals surface area (Å²) in [5.74, 6) is 0.261. The minimum Gasteiger partial charge on any atom is -0.349 e. The van der Waals surface area contributed by atoms with Crippen LogP contribution in [0.2, 0.25) is 0 Å². The van der Waals surface area contributed by atoms with Crippen LogP contribution in [0.15, 0.2) is 12.4 Å². The number of hydrogen-bond acceptors (Lipinski definition) is 3. The van der Waals surface area contributed by atoms with Gasteiger partial charge in [0.15, 0.2) is 0 Å². The van der Waals surface area contributed by atoms with Gasteiger partial charge in [-0.15, -0.1) is 12.4 Å². The van der Waals surface area contributed by atoms with Gasteiger partial charge in [-0.2, -0.15) is 5.10 Å². The monoisotopic (exact) mass is 272 g/mol. The van der Waals surface area contributed by atoms with Crippen molar-refractivity contribution in [1.82, 2.24) is 20.4 Å². The first kappa shape index (κ1) is 15.0. The van der Waals surface area contributed by atoms with E-state index in [1.54, 1.807) is 10.9 Å². The van der Waals surface area contributed by atoms with Crippen molar-refractivity contribution in [1.29, 1.82) is 0 Å². The molecule has 0 aromatic carbocycles. The fourth-order valence-electron chi connectivity index (χ4n) is 2.15. The molecule has 6 heteroatoms. The Kier molecular flexibility index (Phi) is 5.62. The summed E-state index contributed by atoms with van der Waals surface area (Å²) in [6, 6.07) is 0.0260. The number of piperidine rings is 1. The van der Waals surface area contributed by atoms with E-state index >= 15 is 0 Å². The average molecular weight is 273 g/mol. The zero-order valence-corrected chi connectivity index (χ0v) is 11.7. The second kappa shape index (κ2) is 6.75. The molecule has 0 aliphatic carbocycles. The number of halogens is 1. The van der Waals surface area contributed by atoms with Gasteiger partial charge in [0.25, 0.3) is 0 Å². The molecule has 1 aromatic heterocycles. The Balaban J connectivity index is 0.00000162. The summed E-state index contributed by atoms with van der Waals surface area (Å²) in [4.78, 5) is 12.0. The Morgan fingerprint density at radius 1 is 1.67 bits per heavy atom. The number of nitrogens with zero attached hydrogens (tertiary/aromatic N) is 2. The van der Waals surface area contributed by atoms with Crippen LogP contribution in [0, 0.1) is 5.92 Å². The lowest BCUT2D eigenvalue weighted by Crippen LogP contribution is -2.41. The number of rotatable bonds is 3. The van der Waals surface area contributed by atoms with Crippen LogP contribution in [-0.2, 0) is 11.8 Å². The van der Waals surface area contributed by atoms with Crippen LogP contribution < -0.4 is 10.6 Å². The van der Waals surface area contributed by atoms with E-state index < -0.39 is 0 Å². The van der Waals surface area contributed by atoms with Crippen LogP contribution in [0.4, 0.5) is 0 Å².